The van der Waals surface area contributed by atoms with Crippen LogP contribution in [0.2, 0.25) is 10.0 Å². The van der Waals surface area contributed by atoms with Crippen LogP contribution in [0.5, 0.6) is 0 Å². The van der Waals surface area contributed by atoms with E-state index in [0.717, 1.165) is 0 Å². The number of hydrogen-bond acceptors (Lipinski definition) is 5. The quantitative estimate of drug-likeness (QED) is 0.543. The molecule has 1 amide bonds. The van der Waals surface area contributed by atoms with Crippen molar-refractivity contribution in [2.45, 2.75) is 12.8 Å². The summed E-state index contributed by atoms with van der Waals surface area (Å²) in [5.74, 6) is -0.433. The molecule has 0 spiro atoms. The van der Waals surface area contributed by atoms with Gasteiger partial charge in [0.1, 0.15) is 5.69 Å². The summed E-state index contributed by atoms with van der Waals surface area (Å²) in [6, 6.07) is 4.98. The van der Waals surface area contributed by atoms with Crippen molar-refractivity contribution in [3.63, 3.8) is 0 Å². The first-order valence-corrected chi connectivity index (χ1v) is 7.17. The minimum atomic E-state index is -0.704. The van der Waals surface area contributed by atoms with Gasteiger partial charge in [-0.2, -0.15) is 10.2 Å². The van der Waals surface area contributed by atoms with E-state index < -0.39 is 17.2 Å². The minimum Gasteiger partial charge on any atom is -0.273 e. The number of aromatic nitrogens is 3. The van der Waals surface area contributed by atoms with Crippen molar-refractivity contribution in [3.05, 3.63) is 60.3 Å². The molecular formula is C13H11Cl2N5O3. The molecule has 2 aromatic rings. The fourth-order valence-electron chi connectivity index (χ4n) is 1.63. The number of H-pyrrole nitrogens is 2. The maximum Gasteiger partial charge on any atom is 0.342 e. The molecule has 0 fully saturated rings. The van der Waals surface area contributed by atoms with E-state index in [2.05, 4.69) is 20.7 Å². The fraction of sp³-hybridized carbons (Fsp3) is 0.154. The molecule has 1 aromatic carbocycles. The Morgan fingerprint density at radius 1 is 1.30 bits per heavy atom. The Bertz CT molecular complexity index is 839. The maximum atomic E-state index is 11.7. The molecule has 0 radical (unpaired) electrons. The van der Waals surface area contributed by atoms with Gasteiger partial charge in [-0.05, 0) is 12.1 Å². The first kappa shape index (κ1) is 16.9. The molecule has 0 aliphatic rings. The summed E-state index contributed by atoms with van der Waals surface area (Å²) >= 11 is 11.9. The third kappa shape index (κ3) is 4.76. The number of carbonyl (C=O) groups is 1. The minimum absolute atomic E-state index is 0.0320. The lowest BCUT2D eigenvalue weighted by molar-refractivity contribution is -0.121. The van der Waals surface area contributed by atoms with Crippen LogP contribution >= 0.6 is 23.2 Å². The Labute approximate surface area is 139 Å². The van der Waals surface area contributed by atoms with Gasteiger partial charge in [0.05, 0.1) is 16.3 Å². The Balaban J connectivity index is 1.91. The van der Waals surface area contributed by atoms with E-state index in [9.17, 15) is 14.4 Å². The summed E-state index contributed by atoms with van der Waals surface area (Å²) in [5, 5.41) is 10.2. The SMILES string of the molecule is O=C(CCc1n[nH]c(=O)[nH]c1=O)N/N=C\c1c(Cl)cccc1Cl. The number of hydrogen-bond donors (Lipinski definition) is 3. The van der Waals surface area contributed by atoms with Gasteiger partial charge >= 0.3 is 5.69 Å². The van der Waals surface area contributed by atoms with Gasteiger partial charge in [0.25, 0.3) is 5.56 Å². The zero-order valence-corrected chi connectivity index (χ0v) is 13.1. The molecule has 10 heteroatoms. The van der Waals surface area contributed by atoms with Gasteiger partial charge in [-0.15, -0.1) is 0 Å². The summed E-state index contributed by atoms with van der Waals surface area (Å²) in [6.07, 6.45) is 1.35. The molecule has 1 heterocycles. The number of carbonyl (C=O) groups excluding carboxylic acids is 1. The first-order chi connectivity index (χ1) is 11.0. The Morgan fingerprint density at radius 2 is 2.00 bits per heavy atom. The summed E-state index contributed by atoms with van der Waals surface area (Å²) < 4.78 is 0. The van der Waals surface area contributed by atoms with Gasteiger partial charge in [0.2, 0.25) is 5.91 Å². The highest BCUT2D eigenvalue weighted by Gasteiger charge is 2.07. The van der Waals surface area contributed by atoms with Crippen molar-refractivity contribution < 1.29 is 4.79 Å². The highest BCUT2D eigenvalue weighted by Crippen LogP contribution is 2.21. The van der Waals surface area contributed by atoms with Crippen LogP contribution in [0.15, 0.2) is 32.9 Å². The van der Waals surface area contributed by atoms with Crippen molar-refractivity contribution in [2.75, 3.05) is 0 Å². The zero-order chi connectivity index (χ0) is 16.8. The van der Waals surface area contributed by atoms with Crippen LogP contribution in [-0.4, -0.2) is 27.3 Å². The monoisotopic (exact) mass is 355 g/mol. The van der Waals surface area contributed by atoms with Crippen LogP contribution < -0.4 is 16.7 Å². The maximum absolute atomic E-state index is 11.7. The fourth-order valence-corrected chi connectivity index (χ4v) is 2.13. The Kier molecular flexibility index (Phi) is 5.67. The average molecular weight is 356 g/mol. The largest absolute Gasteiger partial charge is 0.342 e. The first-order valence-electron chi connectivity index (χ1n) is 6.41. The molecule has 0 bridgehead atoms. The average Bonchev–Trinajstić information content (AvgIpc) is 2.49. The van der Waals surface area contributed by atoms with E-state index in [1.165, 1.54) is 6.21 Å². The second-order valence-electron chi connectivity index (χ2n) is 4.38. The molecule has 8 nitrogen and oxygen atoms in total. The van der Waals surface area contributed by atoms with E-state index in [0.29, 0.717) is 15.6 Å². The topological polar surface area (TPSA) is 120 Å². The van der Waals surface area contributed by atoms with Crippen molar-refractivity contribution in [1.29, 1.82) is 0 Å². The van der Waals surface area contributed by atoms with E-state index in [1.54, 1.807) is 18.2 Å². The number of nitrogens with one attached hydrogen (secondary N) is 3. The van der Waals surface area contributed by atoms with Crippen molar-refractivity contribution >= 4 is 35.3 Å². The number of aryl methyl sites for hydroxylation is 1. The van der Waals surface area contributed by atoms with E-state index in [4.69, 9.17) is 23.2 Å². The third-order valence-electron chi connectivity index (χ3n) is 2.75. The van der Waals surface area contributed by atoms with Crippen LogP contribution in [0, 0.1) is 0 Å². The van der Waals surface area contributed by atoms with Gasteiger partial charge in [-0.3, -0.25) is 14.6 Å². The van der Waals surface area contributed by atoms with Crippen molar-refractivity contribution in [1.82, 2.24) is 20.6 Å². The summed E-state index contributed by atoms with van der Waals surface area (Å²) in [6.45, 7) is 0. The lowest BCUT2D eigenvalue weighted by Crippen LogP contribution is -2.28. The van der Waals surface area contributed by atoms with Crippen molar-refractivity contribution in [2.24, 2.45) is 5.10 Å². The number of aromatic amines is 2. The lowest BCUT2D eigenvalue weighted by atomic mass is 10.2. The van der Waals surface area contributed by atoms with E-state index >= 15 is 0 Å². The second-order valence-corrected chi connectivity index (χ2v) is 5.20. The number of benzene rings is 1. The second kappa shape index (κ2) is 7.70. The Morgan fingerprint density at radius 3 is 2.65 bits per heavy atom. The molecule has 120 valence electrons. The summed E-state index contributed by atoms with van der Waals surface area (Å²) in [5.41, 5.74) is 1.49. The molecular weight excluding hydrogens is 345 g/mol. The van der Waals surface area contributed by atoms with Gasteiger partial charge < -0.3 is 0 Å². The molecule has 1 aromatic heterocycles. The van der Waals surface area contributed by atoms with Gasteiger partial charge in [-0.25, -0.2) is 15.3 Å². The highest BCUT2D eigenvalue weighted by atomic mass is 35.5. The zero-order valence-electron chi connectivity index (χ0n) is 11.6. The van der Waals surface area contributed by atoms with Gasteiger partial charge in [0.15, 0.2) is 0 Å². The number of amides is 1. The molecule has 0 atom stereocenters. The van der Waals surface area contributed by atoms with Crippen LogP contribution in [0.1, 0.15) is 17.7 Å². The molecule has 3 N–H and O–H groups in total. The number of hydrazone groups is 1. The normalized spacial score (nSPS) is 10.9. The smallest absolute Gasteiger partial charge is 0.273 e. The molecule has 0 unspecified atom stereocenters. The van der Waals surface area contributed by atoms with Gasteiger partial charge in [0, 0.05) is 18.4 Å². The Hall–Kier alpha value is -2.45. The van der Waals surface area contributed by atoms with Gasteiger partial charge in [-0.1, -0.05) is 29.3 Å². The summed E-state index contributed by atoms with van der Waals surface area (Å²) in [7, 11) is 0. The summed E-state index contributed by atoms with van der Waals surface area (Å²) in [4.78, 5) is 35.9. The molecule has 0 saturated carbocycles. The lowest BCUT2D eigenvalue weighted by Gasteiger charge is -2.01. The van der Waals surface area contributed by atoms with Crippen LogP contribution in [0.3, 0.4) is 0 Å². The predicted octanol–water partition coefficient (Wildman–Crippen LogP) is 0.848. The number of rotatable bonds is 5. The van der Waals surface area contributed by atoms with E-state index in [1.807, 2.05) is 4.98 Å². The van der Waals surface area contributed by atoms with Crippen LogP contribution in [0.25, 0.3) is 0 Å². The van der Waals surface area contributed by atoms with E-state index in [-0.39, 0.29) is 18.5 Å². The van der Waals surface area contributed by atoms with Crippen LogP contribution in [-0.2, 0) is 11.2 Å². The van der Waals surface area contributed by atoms with Crippen molar-refractivity contribution in [3.8, 4) is 0 Å². The standard InChI is InChI=1S/C13H11Cl2N5O3/c14-8-2-1-3-9(15)7(8)6-16-19-11(21)5-4-10-12(22)17-13(23)20-18-10/h1-3,6H,4-5H2,(H,19,21)(H2,17,20,22,23)/b16-6-. The molecule has 0 aliphatic carbocycles. The molecule has 23 heavy (non-hydrogen) atoms. The molecule has 2 rings (SSSR count). The molecule has 0 saturated heterocycles. The number of halogens is 2. The molecule has 0 aliphatic heterocycles. The van der Waals surface area contributed by atoms with Crippen LogP contribution in [0.4, 0.5) is 0 Å². The third-order valence-corrected chi connectivity index (χ3v) is 3.41. The predicted molar refractivity (Wildman–Crippen MR) is 86.0 cm³/mol. The number of nitrogens with zero attached hydrogens (tertiary/aromatic N) is 2. The highest BCUT2D eigenvalue weighted by molar-refractivity contribution is 6.38.